The Morgan fingerprint density at radius 3 is 2.11 bits per heavy atom. The van der Waals surface area contributed by atoms with Gasteiger partial charge in [-0.3, -0.25) is 9.10 Å². The molecule has 0 saturated carbocycles. The van der Waals surface area contributed by atoms with Crippen LogP contribution in [0.2, 0.25) is 5.02 Å². The minimum atomic E-state index is -3.51. The van der Waals surface area contributed by atoms with E-state index in [4.69, 9.17) is 11.6 Å². The third-order valence-electron chi connectivity index (χ3n) is 4.29. The predicted octanol–water partition coefficient (Wildman–Crippen LogP) is 4.63. The van der Waals surface area contributed by atoms with Crippen LogP contribution in [-0.4, -0.2) is 27.5 Å². The monoisotopic (exact) mass is 399 g/mol. The summed E-state index contributed by atoms with van der Waals surface area (Å²) >= 11 is 5.96. The molecular weight excluding hydrogens is 382 g/mol. The van der Waals surface area contributed by atoms with E-state index in [9.17, 15) is 13.2 Å². The molecule has 0 unspecified atom stereocenters. The molecule has 138 valence electrons. The lowest BCUT2D eigenvalue weighted by Gasteiger charge is -2.21. The second-order valence-corrected chi connectivity index (χ2v) is 8.61. The van der Waals surface area contributed by atoms with Gasteiger partial charge in [0.05, 0.1) is 11.9 Å². The second-order valence-electron chi connectivity index (χ2n) is 6.16. The summed E-state index contributed by atoms with van der Waals surface area (Å²) in [5.74, 6) is -0.165. The maximum Gasteiger partial charge on any atom is 0.232 e. The highest BCUT2D eigenvalue weighted by Gasteiger charge is 2.19. The lowest BCUT2D eigenvalue weighted by Crippen LogP contribution is -2.25. The maximum absolute atomic E-state index is 12.8. The summed E-state index contributed by atoms with van der Waals surface area (Å²) in [4.78, 5) is 12.8. The molecule has 0 bridgehead atoms. The molecule has 27 heavy (non-hydrogen) atoms. The number of rotatable bonds is 5. The Morgan fingerprint density at radius 2 is 1.52 bits per heavy atom. The molecule has 3 rings (SSSR count). The van der Waals surface area contributed by atoms with E-state index in [1.807, 2.05) is 18.2 Å². The van der Waals surface area contributed by atoms with E-state index < -0.39 is 10.0 Å². The number of carbonyl (C=O) groups excluding carboxylic acids is 1. The van der Waals surface area contributed by atoms with Crippen LogP contribution in [0.3, 0.4) is 0 Å². The average molecular weight is 400 g/mol. The SMILES string of the molecule is CN(c1cc(C(=O)c2ccccc2)ccc1-c1ccc(Cl)cc1)S(C)(=O)=O. The van der Waals surface area contributed by atoms with Gasteiger partial charge < -0.3 is 0 Å². The van der Waals surface area contributed by atoms with Gasteiger partial charge in [-0.15, -0.1) is 0 Å². The smallest absolute Gasteiger partial charge is 0.232 e. The maximum atomic E-state index is 12.8. The number of carbonyl (C=O) groups is 1. The molecule has 3 aromatic carbocycles. The standard InChI is InChI=1S/C21H18ClNO3S/c1-23(27(2,25)26)20-14-17(21(24)16-6-4-3-5-7-16)10-13-19(20)15-8-11-18(22)12-9-15/h3-14H,1-2H3. The summed E-state index contributed by atoms with van der Waals surface area (Å²) in [7, 11) is -2.03. The Kier molecular flexibility index (Phi) is 5.35. The van der Waals surface area contributed by atoms with Crippen molar-refractivity contribution in [3.8, 4) is 11.1 Å². The Bertz CT molecular complexity index is 1080. The van der Waals surface area contributed by atoms with Gasteiger partial charge in [0.15, 0.2) is 5.78 Å². The van der Waals surface area contributed by atoms with E-state index in [1.54, 1.807) is 54.6 Å². The molecule has 0 heterocycles. The molecule has 0 aliphatic heterocycles. The summed E-state index contributed by atoms with van der Waals surface area (Å²) in [6, 6.07) is 21.1. The van der Waals surface area contributed by atoms with Crippen LogP contribution in [-0.2, 0) is 10.0 Å². The number of anilines is 1. The van der Waals surface area contributed by atoms with Gasteiger partial charge >= 0.3 is 0 Å². The van der Waals surface area contributed by atoms with Crippen LogP contribution < -0.4 is 4.31 Å². The number of benzene rings is 3. The van der Waals surface area contributed by atoms with Crippen LogP contribution in [0.15, 0.2) is 72.8 Å². The van der Waals surface area contributed by atoms with Crippen LogP contribution in [0.25, 0.3) is 11.1 Å². The van der Waals surface area contributed by atoms with E-state index in [-0.39, 0.29) is 5.78 Å². The van der Waals surface area contributed by atoms with Crippen molar-refractivity contribution in [2.75, 3.05) is 17.6 Å². The van der Waals surface area contributed by atoms with Gasteiger partial charge in [0.2, 0.25) is 10.0 Å². The summed E-state index contributed by atoms with van der Waals surface area (Å²) < 4.78 is 25.5. The molecule has 0 radical (unpaired) electrons. The first-order valence-electron chi connectivity index (χ1n) is 8.21. The first kappa shape index (κ1) is 19.1. The van der Waals surface area contributed by atoms with Crippen LogP contribution in [0.1, 0.15) is 15.9 Å². The molecule has 6 heteroatoms. The van der Waals surface area contributed by atoms with Gasteiger partial charge in [0, 0.05) is 28.8 Å². The van der Waals surface area contributed by atoms with Gasteiger partial charge in [0.1, 0.15) is 0 Å². The average Bonchev–Trinajstić information content (AvgIpc) is 2.67. The summed E-state index contributed by atoms with van der Waals surface area (Å²) in [6.07, 6.45) is 1.13. The summed E-state index contributed by atoms with van der Waals surface area (Å²) in [6.45, 7) is 0. The number of nitrogens with zero attached hydrogens (tertiary/aromatic N) is 1. The van der Waals surface area contributed by atoms with Gasteiger partial charge in [0.25, 0.3) is 0 Å². The largest absolute Gasteiger partial charge is 0.289 e. The molecule has 0 atom stereocenters. The molecule has 0 aromatic heterocycles. The quantitative estimate of drug-likeness (QED) is 0.587. The fourth-order valence-corrected chi connectivity index (χ4v) is 3.38. The Hall–Kier alpha value is -2.63. The molecular formula is C21H18ClNO3S. The molecule has 0 aliphatic carbocycles. The molecule has 0 spiro atoms. The molecule has 0 aliphatic rings. The van der Waals surface area contributed by atoms with Crippen LogP contribution >= 0.6 is 11.6 Å². The molecule has 0 saturated heterocycles. The van der Waals surface area contributed by atoms with Crippen molar-refractivity contribution < 1.29 is 13.2 Å². The summed E-state index contributed by atoms with van der Waals surface area (Å²) in [5.41, 5.74) is 2.91. The molecule has 0 fully saturated rings. The van der Waals surface area contributed by atoms with Crippen molar-refractivity contribution in [1.82, 2.24) is 0 Å². The highest BCUT2D eigenvalue weighted by molar-refractivity contribution is 7.92. The fraction of sp³-hybridized carbons (Fsp3) is 0.0952. The second kappa shape index (κ2) is 7.55. The Morgan fingerprint density at radius 1 is 0.889 bits per heavy atom. The molecule has 4 nitrogen and oxygen atoms in total. The van der Waals surface area contributed by atoms with Crippen molar-refractivity contribution in [3.05, 3.63) is 88.9 Å². The summed E-state index contributed by atoms with van der Waals surface area (Å²) in [5, 5.41) is 0.590. The number of sulfonamides is 1. The predicted molar refractivity (Wildman–Crippen MR) is 110 cm³/mol. The molecule has 3 aromatic rings. The van der Waals surface area contributed by atoms with Gasteiger partial charge in [-0.05, 0) is 23.8 Å². The number of halogens is 1. The third kappa shape index (κ3) is 4.21. The van der Waals surface area contributed by atoms with Crippen molar-refractivity contribution in [2.24, 2.45) is 0 Å². The zero-order chi connectivity index (χ0) is 19.6. The minimum Gasteiger partial charge on any atom is -0.289 e. The van der Waals surface area contributed by atoms with Gasteiger partial charge in [-0.25, -0.2) is 8.42 Å². The number of hydrogen-bond acceptors (Lipinski definition) is 3. The van der Waals surface area contributed by atoms with Crippen molar-refractivity contribution in [1.29, 1.82) is 0 Å². The zero-order valence-corrected chi connectivity index (χ0v) is 16.5. The topological polar surface area (TPSA) is 54.5 Å². The van der Waals surface area contributed by atoms with Crippen molar-refractivity contribution >= 4 is 33.1 Å². The first-order chi connectivity index (χ1) is 12.8. The zero-order valence-electron chi connectivity index (χ0n) is 14.9. The van der Waals surface area contributed by atoms with Crippen LogP contribution in [0.4, 0.5) is 5.69 Å². The fourth-order valence-electron chi connectivity index (χ4n) is 2.74. The van der Waals surface area contributed by atoms with Crippen molar-refractivity contribution in [2.45, 2.75) is 0 Å². The van der Waals surface area contributed by atoms with E-state index >= 15 is 0 Å². The third-order valence-corrected chi connectivity index (χ3v) is 5.73. The lowest BCUT2D eigenvalue weighted by atomic mass is 9.97. The van der Waals surface area contributed by atoms with E-state index in [1.165, 1.54) is 11.4 Å². The normalized spacial score (nSPS) is 11.2. The van der Waals surface area contributed by atoms with Gasteiger partial charge in [-0.2, -0.15) is 0 Å². The highest BCUT2D eigenvalue weighted by Crippen LogP contribution is 2.33. The Balaban J connectivity index is 2.15. The van der Waals surface area contributed by atoms with Gasteiger partial charge in [-0.1, -0.05) is 66.2 Å². The van der Waals surface area contributed by atoms with Crippen LogP contribution in [0.5, 0.6) is 0 Å². The van der Waals surface area contributed by atoms with Crippen molar-refractivity contribution in [3.63, 3.8) is 0 Å². The highest BCUT2D eigenvalue weighted by atomic mass is 35.5. The number of hydrogen-bond donors (Lipinski definition) is 0. The molecule has 0 N–H and O–H groups in total. The van der Waals surface area contributed by atoms with E-state index in [0.29, 0.717) is 27.4 Å². The number of ketones is 1. The minimum absolute atomic E-state index is 0.165. The Labute approximate surface area is 164 Å². The lowest BCUT2D eigenvalue weighted by molar-refractivity contribution is 0.103. The van der Waals surface area contributed by atoms with E-state index in [2.05, 4.69) is 0 Å². The molecule has 0 amide bonds. The first-order valence-corrected chi connectivity index (χ1v) is 10.4. The van der Waals surface area contributed by atoms with Crippen LogP contribution in [0, 0.1) is 0 Å². The van der Waals surface area contributed by atoms with E-state index in [0.717, 1.165) is 11.8 Å².